The van der Waals surface area contributed by atoms with Gasteiger partial charge in [0.05, 0.1) is 12.1 Å². The van der Waals surface area contributed by atoms with E-state index in [2.05, 4.69) is 5.32 Å². The Hall–Kier alpha value is -0.610. The highest BCUT2D eigenvalue weighted by molar-refractivity contribution is 5.79. The molecular formula is C9H18N2O2. The molecule has 1 saturated carbocycles. The lowest BCUT2D eigenvalue weighted by Crippen LogP contribution is -2.46. The fraction of sp³-hybridized carbons (Fsp3) is 0.889. The van der Waals surface area contributed by atoms with Crippen molar-refractivity contribution in [2.75, 3.05) is 0 Å². The summed E-state index contributed by atoms with van der Waals surface area (Å²) < 4.78 is 0. The first-order valence-corrected chi connectivity index (χ1v) is 4.83. The molecule has 4 heteroatoms. The monoisotopic (exact) mass is 186 g/mol. The van der Waals surface area contributed by atoms with Gasteiger partial charge in [-0.1, -0.05) is 0 Å². The third-order valence-electron chi connectivity index (χ3n) is 2.61. The van der Waals surface area contributed by atoms with Crippen molar-refractivity contribution < 1.29 is 9.90 Å². The van der Waals surface area contributed by atoms with Crippen LogP contribution in [0.2, 0.25) is 0 Å². The van der Waals surface area contributed by atoms with Crippen molar-refractivity contribution in [1.29, 1.82) is 0 Å². The zero-order chi connectivity index (χ0) is 9.84. The van der Waals surface area contributed by atoms with E-state index in [1.807, 2.05) is 0 Å². The molecule has 0 heterocycles. The van der Waals surface area contributed by atoms with Gasteiger partial charge in [0.25, 0.3) is 0 Å². The Kier molecular flexibility index (Phi) is 3.69. The molecule has 1 aliphatic rings. The number of nitrogens with one attached hydrogen (secondary N) is 1. The predicted octanol–water partition coefficient (Wildman–Crippen LogP) is -0.247. The number of hydrogen-bond acceptors (Lipinski definition) is 3. The fourth-order valence-electron chi connectivity index (χ4n) is 1.68. The van der Waals surface area contributed by atoms with Gasteiger partial charge in [-0.3, -0.25) is 4.79 Å². The Bertz CT molecular complexity index is 176. The van der Waals surface area contributed by atoms with Gasteiger partial charge in [0.2, 0.25) is 5.91 Å². The summed E-state index contributed by atoms with van der Waals surface area (Å²) in [4.78, 5) is 10.7. The van der Waals surface area contributed by atoms with Gasteiger partial charge in [-0.05, 0) is 32.6 Å². The van der Waals surface area contributed by atoms with Crippen LogP contribution in [0.1, 0.15) is 32.6 Å². The number of carbonyl (C=O) groups is 1. The van der Waals surface area contributed by atoms with E-state index in [1.165, 1.54) is 0 Å². The molecule has 1 fully saturated rings. The van der Waals surface area contributed by atoms with E-state index in [0.717, 1.165) is 25.7 Å². The Balaban J connectivity index is 2.26. The van der Waals surface area contributed by atoms with E-state index in [9.17, 15) is 9.90 Å². The minimum Gasteiger partial charge on any atom is -0.393 e. The normalized spacial score (nSPS) is 31.2. The third-order valence-corrected chi connectivity index (χ3v) is 2.61. The minimum atomic E-state index is -0.314. The highest BCUT2D eigenvalue weighted by Crippen LogP contribution is 2.18. The molecule has 1 unspecified atom stereocenters. The van der Waals surface area contributed by atoms with Crippen LogP contribution in [0, 0.1) is 0 Å². The number of aliphatic hydroxyl groups excluding tert-OH is 1. The molecule has 0 bridgehead atoms. The molecule has 0 aromatic heterocycles. The van der Waals surface area contributed by atoms with Gasteiger partial charge in [-0.2, -0.15) is 0 Å². The SMILES string of the molecule is CC(NC1CCC(O)CC1)C(N)=O. The average Bonchev–Trinajstić information content (AvgIpc) is 2.08. The molecule has 76 valence electrons. The van der Waals surface area contributed by atoms with Crippen LogP contribution < -0.4 is 11.1 Å². The number of nitrogens with two attached hydrogens (primary N) is 1. The van der Waals surface area contributed by atoms with Crippen LogP contribution in [0.4, 0.5) is 0 Å². The van der Waals surface area contributed by atoms with Gasteiger partial charge in [-0.25, -0.2) is 0 Å². The lowest BCUT2D eigenvalue weighted by Gasteiger charge is -2.27. The maximum atomic E-state index is 10.7. The van der Waals surface area contributed by atoms with Gasteiger partial charge in [0.15, 0.2) is 0 Å². The van der Waals surface area contributed by atoms with Crippen LogP contribution in [-0.4, -0.2) is 29.2 Å². The van der Waals surface area contributed by atoms with Crippen LogP contribution in [0.25, 0.3) is 0 Å². The van der Waals surface area contributed by atoms with Crippen LogP contribution in [0.15, 0.2) is 0 Å². The van der Waals surface area contributed by atoms with E-state index in [1.54, 1.807) is 6.92 Å². The first kappa shape index (κ1) is 10.5. The molecule has 1 rings (SSSR count). The Labute approximate surface area is 78.5 Å². The van der Waals surface area contributed by atoms with Gasteiger partial charge < -0.3 is 16.2 Å². The molecule has 1 amide bonds. The van der Waals surface area contributed by atoms with Crippen molar-refractivity contribution in [3.8, 4) is 0 Å². The molecule has 0 aliphatic heterocycles. The van der Waals surface area contributed by atoms with Crippen LogP contribution in [-0.2, 0) is 4.79 Å². The van der Waals surface area contributed by atoms with E-state index in [-0.39, 0.29) is 18.1 Å². The predicted molar refractivity (Wildman–Crippen MR) is 50.1 cm³/mol. The number of carbonyl (C=O) groups excluding carboxylic acids is 1. The van der Waals surface area contributed by atoms with E-state index in [4.69, 9.17) is 5.73 Å². The van der Waals surface area contributed by atoms with Crippen molar-refractivity contribution >= 4 is 5.91 Å². The van der Waals surface area contributed by atoms with Crippen LogP contribution >= 0.6 is 0 Å². The third kappa shape index (κ3) is 3.32. The summed E-state index contributed by atoms with van der Waals surface area (Å²) in [6, 6.07) is 0.0751. The molecule has 0 radical (unpaired) electrons. The van der Waals surface area contributed by atoms with Crippen molar-refractivity contribution in [3.63, 3.8) is 0 Å². The Morgan fingerprint density at radius 3 is 2.46 bits per heavy atom. The number of amides is 1. The maximum absolute atomic E-state index is 10.7. The number of rotatable bonds is 3. The summed E-state index contributed by atoms with van der Waals surface area (Å²) in [6.45, 7) is 1.77. The molecule has 0 aromatic carbocycles. The van der Waals surface area contributed by atoms with Gasteiger partial charge in [0, 0.05) is 6.04 Å². The van der Waals surface area contributed by atoms with E-state index >= 15 is 0 Å². The fourth-order valence-corrected chi connectivity index (χ4v) is 1.68. The van der Waals surface area contributed by atoms with E-state index < -0.39 is 0 Å². The lowest BCUT2D eigenvalue weighted by molar-refractivity contribution is -0.119. The largest absolute Gasteiger partial charge is 0.393 e. The summed E-state index contributed by atoms with van der Waals surface area (Å²) in [5.74, 6) is -0.314. The summed E-state index contributed by atoms with van der Waals surface area (Å²) in [5, 5.41) is 12.4. The second-order valence-electron chi connectivity index (χ2n) is 3.80. The zero-order valence-electron chi connectivity index (χ0n) is 7.99. The van der Waals surface area contributed by atoms with Crippen molar-refractivity contribution in [2.24, 2.45) is 5.73 Å². The van der Waals surface area contributed by atoms with Gasteiger partial charge in [-0.15, -0.1) is 0 Å². The second kappa shape index (κ2) is 4.58. The minimum absolute atomic E-state index is 0.151. The Morgan fingerprint density at radius 2 is 2.00 bits per heavy atom. The molecular weight excluding hydrogens is 168 g/mol. The maximum Gasteiger partial charge on any atom is 0.234 e. The molecule has 4 N–H and O–H groups in total. The van der Waals surface area contributed by atoms with Crippen molar-refractivity contribution in [3.05, 3.63) is 0 Å². The highest BCUT2D eigenvalue weighted by atomic mass is 16.3. The van der Waals surface area contributed by atoms with Crippen LogP contribution in [0.5, 0.6) is 0 Å². The smallest absolute Gasteiger partial charge is 0.234 e. The molecule has 13 heavy (non-hydrogen) atoms. The Morgan fingerprint density at radius 1 is 1.46 bits per heavy atom. The van der Waals surface area contributed by atoms with Gasteiger partial charge in [0.1, 0.15) is 0 Å². The van der Waals surface area contributed by atoms with E-state index in [0.29, 0.717) is 6.04 Å². The highest BCUT2D eigenvalue weighted by Gasteiger charge is 2.21. The summed E-state index contributed by atoms with van der Waals surface area (Å²) in [6.07, 6.45) is 3.35. The first-order chi connectivity index (χ1) is 6.09. The zero-order valence-corrected chi connectivity index (χ0v) is 7.99. The number of primary amides is 1. The standard InChI is InChI=1S/C9H18N2O2/c1-6(9(10)13)11-7-2-4-8(12)5-3-7/h6-8,11-12H,2-5H2,1H3,(H2,10,13). The summed E-state index contributed by atoms with van der Waals surface area (Å²) >= 11 is 0. The summed E-state index contributed by atoms with van der Waals surface area (Å²) in [7, 11) is 0. The summed E-state index contributed by atoms with van der Waals surface area (Å²) in [5.41, 5.74) is 5.13. The number of hydrogen-bond donors (Lipinski definition) is 3. The molecule has 1 aliphatic carbocycles. The average molecular weight is 186 g/mol. The molecule has 0 aromatic rings. The molecule has 4 nitrogen and oxygen atoms in total. The number of aliphatic hydroxyl groups is 1. The lowest BCUT2D eigenvalue weighted by atomic mass is 9.92. The second-order valence-corrected chi connectivity index (χ2v) is 3.80. The molecule has 0 spiro atoms. The van der Waals surface area contributed by atoms with Crippen molar-refractivity contribution in [1.82, 2.24) is 5.32 Å². The van der Waals surface area contributed by atoms with Crippen LogP contribution in [0.3, 0.4) is 0 Å². The topological polar surface area (TPSA) is 75.3 Å². The molecule has 1 atom stereocenters. The molecule has 0 saturated heterocycles. The first-order valence-electron chi connectivity index (χ1n) is 4.83. The van der Waals surface area contributed by atoms with Gasteiger partial charge >= 0.3 is 0 Å². The van der Waals surface area contributed by atoms with Crippen molar-refractivity contribution in [2.45, 2.75) is 50.8 Å². The quantitative estimate of drug-likeness (QED) is 0.569.